The number of carbonyl (C=O) groups is 2. The predicted molar refractivity (Wildman–Crippen MR) is 115 cm³/mol. The Bertz CT molecular complexity index is 912. The van der Waals surface area contributed by atoms with Crippen LogP contribution in [0.25, 0.3) is 0 Å². The fourth-order valence-corrected chi connectivity index (χ4v) is 3.25. The van der Waals surface area contributed by atoms with E-state index in [9.17, 15) is 9.59 Å². The Labute approximate surface area is 169 Å². The molecule has 2 amide bonds. The van der Waals surface area contributed by atoms with Crippen LogP contribution in [0.3, 0.4) is 0 Å². The van der Waals surface area contributed by atoms with Gasteiger partial charge in [0.25, 0.3) is 5.91 Å². The monoisotopic (exact) mass is 390 g/mol. The van der Waals surface area contributed by atoms with E-state index in [1.165, 1.54) is 0 Å². The molecule has 3 aromatic rings. The summed E-state index contributed by atoms with van der Waals surface area (Å²) in [6.45, 7) is 0. The fraction of sp³-hybridized carbons (Fsp3) is 0.130. The molecule has 28 heavy (non-hydrogen) atoms. The zero-order chi connectivity index (χ0) is 19.8. The van der Waals surface area contributed by atoms with Crippen LogP contribution in [0.5, 0.6) is 0 Å². The second-order valence-corrected chi connectivity index (χ2v) is 7.16. The van der Waals surface area contributed by atoms with Crippen molar-refractivity contribution >= 4 is 29.3 Å². The van der Waals surface area contributed by atoms with Crippen molar-refractivity contribution in [3.05, 3.63) is 96.1 Å². The molecule has 1 atom stereocenters. The van der Waals surface area contributed by atoms with Gasteiger partial charge in [0.1, 0.15) is 0 Å². The molecule has 0 bridgehead atoms. The standard InChI is InChI=1S/C23H22N2O2S/c1-28-20-14-12-19(13-15-20)24-22(26)16-21(17-8-4-2-5-9-17)25-23(27)18-10-6-3-7-11-18/h2-15,21H,16H2,1H3,(H,24,26)(H,25,27)/t21-/m0/s1. The molecule has 3 aromatic carbocycles. The van der Waals surface area contributed by atoms with Crippen molar-refractivity contribution in [1.29, 1.82) is 0 Å². The van der Waals surface area contributed by atoms with Crippen LogP contribution in [0.4, 0.5) is 5.69 Å². The molecule has 0 radical (unpaired) electrons. The van der Waals surface area contributed by atoms with Crippen molar-refractivity contribution in [2.45, 2.75) is 17.4 Å². The van der Waals surface area contributed by atoms with Gasteiger partial charge >= 0.3 is 0 Å². The van der Waals surface area contributed by atoms with E-state index >= 15 is 0 Å². The summed E-state index contributed by atoms with van der Waals surface area (Å²) in [5.74, 6) is -0.356. The van der Waals surface area contributed by atoms with E-state index < -0.39 is 6.04 Å². The van der Waals surface area contributed by atoms with Crippen LogP contribution < -0.4 is 10.6 Å². The fourth-order valence-electron chi connectivity index (χ4n) is 2.84. The van der Waals surface area contributed by atoms with Gasteiger partial charge < -0.3 is 10.6 Å². The molecule has 0 saturated carbocycles. The van der Waals surface area contributed by atoms with Crippen molar-refractivity contribution in [3.8, 4) is 0 Å². The van der Waals surface area contributed by atoms with E-state index in [4.69, 9.17) is 0 Å². The maximum absolute atomic E-state index is 12.6. The Kier molecular flexibility index (Phi) is 6.87. The van der Waals surface area contributed by atoms with Gasteiger partial charge in [-0.15, -0.1) is 11.8 Å². The molecule has 2 N–H and O–H groups in total. The van der Waals surface area contributed by atoms with E-state index in [2.05, 4.69) is 10.6 Å². The van der Waals surface area contributed by atoms with Crippen LogP contribution in [-0.4, -0.2) is 18.1 Å². The van der Waals surface area contributed by atoms with Crippen LogP contribution in [-0.2, 0) is 4.79 Å². The van der Waals surface area contributed by atoms with E-state index in [0.29, 0.717) is 5.56 Å². The van der Waals surface area contributed by atoms with Crippen LogP contribution in [0.15, 0.2) is 89.8 Å². The number of hydrogen-bond acceptors (Lipinski definition) is 3. The highest BCUT2D eigenvalue weighted by Gasteiger charge is 2.19. The maximum Gasteiger partial charge on any atom is 0.251 e. The number of carbonyl (C=O) groups excluding carboxylic acids is 2. The SMILES string of the molecule is CSc1ccc(NC(=O)C[C@H](NC(=O)c2ccccc2)c2ccccc2)cc1. The zero-order valence-corrected chi connectivity index (χ0v) is 16.4. The number of nitrogens with one attached hydrogen (secondary N) is 2. The lowest BCUT2D eigenvalue weighted by atomic mass is 10.0. The topological polar surface area (TPSA) is 58.2 Å². The molecule has 0 aliphatic heterocycles. The van der Waals surface area contributed by atoms with Gasteiger partial charge in [-0.05, 0) is 48.2 Å². The van der Waals surface area contributed by atoms with E-state index in [1.807, 2.05) is 79.1 Å². The summed E-state index contributed by atoms with van der Waals surface area (Å²) in [4.78, 5) is 26.3. The molecular weight excluding hydrogens is 368 g/mol. The average molecular weight is 391 g/mol. The number of amides is 2. The lowest BCUT2D eigenvalue weighted by molar-refractivity contribution is -0.116. The molecule has 0 saturated heterocycles. The first-order valence-corrected chi connectivity index (χ1v) is 10.2. The molecule has 0 fully saturated rings. The third-order valence-corrected chi connectivity index (χ3v) is 5.05. The molecule has 3 rings (SSSR count). The minimum absolute atomic E-state index is 0.146. The Hall–Kier alpha value is -3.05. The second kappa shape index (κ2) is 9.76. The van der Waals surface area contributed by atoms with Gasteiger partial charge in [0, 0.05) is 16.1 Å². The summed E-state index contributed by atoms with van der Waals surface area (Å²) in [5, 5.41) is 5.89. The molecule has 142 valence electrons. The van der Waals surface area contributed by atoms with E-state index in [0.717, 1.165) is 16.1 Å². The molecule has 0 unspecified atom stereocenters. The highest BCUT2D eigenvalue weighted by atomic mass is 32.2. The zero-order valence-electron chi connectivity index (χ0n) is 15.6. The van der Waals surface area contributed by atoms with Crippen molar-refractivity contribution < 1.29 is 9.59 Å². The normalized spacial score (nSPS) is 11.5. The lowest BCUT2D eigenvalue weighted by Gasteiger charge is -2.19. The first-order chi connectivity index (χ1) is 13.7. The van der Waals surface area contributed by atoms with Gasteiger partial charge in [0.15, 0.2) is 0 Å². The van der Waals surface area contributed by atoms with Crippen LogP contribution in [0.1, 0.15) is 28.4 Å². The summed E-state index contributed by atoms with van der Waals surface area (Å²) >= 11 is 1.65. The Morgan fingerprint density at radius 1 is 0.857 bits per heavy atom. The van der Waals surface area contributed by atoms with Crippen molar-refractivity contribution in [3.63, 3.8) is 0 Å². The predicted octanol–water partition coefficient (Wildman–Crippen LogP) is 4.91. The number of thioether (sulfide) groups is 1. The molecular formula is C23H22N2O2S. The smallest absolute Gasteiger partial charge is 0.251 e. The van der Waals surface area contributed by atoms with E-state index in [-0.39, 0.29) is 18.2 Å². The first-order valence-electron chi connectivity index (χ1n) is 9.00. The number of benzene rings is 3. The van der Waals surface area contributed by atoms with Crippen LogP contribution in [0.2, 0.25) is 0 Å². The summed E-state index contributed by atoms with van der Waals surface area (Å²) in [6, 6.07) is 25.8. The number of anilines is 1. The van der Waals surface area contributed by atoms with Crippen molar-refractivity contribution in [1.82, 2.24) is 5.32 Å². The summed E-state index contributed by atoms with van der Waals surface area (Å²) in [5.41, 5.74) is 2.19. The van der Waals surface area contributed by atoms with E-state index in [1.54, 1.807) is 23.9 Å². The second-order valence-electron chi connectivity index (χ2n) is 6.28. The third-order valence-electron chi connectivity index (χ3n) is 4.31. The highest BCUT2D eigenvalue weighted by Crippen LogP contribution is 2.20. The molecule has 0 aromatic heterocycles. The molecule has 0 aliphatic rings. The summed E-state index contributed by atoms with van der Waals surface area (Å²) < 4.78 is 0. The lowest BCUT2D eigenvalue weighted by Crippen LogP contribution is -2.31. The summed E-state index contributed by atoms with van der Waals surface area (Å²) in [7, 11) is 0. The van der Waals surface area contributed by atoms with Gasteiger partial charge in [-0.2, -0.15) is 0 Å². The van der Waals surface area contributed by atoms with Crippen molar-refractivity contribution in [2.24, 2.45) is 0 Å². The number of rotatable bonds is 7. The van der Waals surface area contributed by atoms with Gasteiger partial charge in [0.2, 0.25) is 5.91 Å². The van der Waals surface area contributed by atoms with Gasteiger partial charge in [-0.1, -0.05) is 48.5 Å². The Morgan fingerprint density at radius 3 is 2.07 bits per heavy atom. The van der Waals surface area contributed by atoms with Crippen LogP contribution >= 0.6 is 11.8 Å². The Balaban J connectivity index is 1.71. The largest absolute Gasteiger partial charge is 0.345 e. The summed E-state index contributed by atoms with van der Waals surface area (Å²) in [6.07, 6.45) is 2.15. The molecule has 5 heteroatoms. The van der Waals surface area contributed by atoms with Crippen molar-refractivity contribution in [2.75, 3.05) is 11.6 Å². The highest BCUT2D eigenvalue weighted by molar-refractivity contribution is 7.98. The van der Waals surface area contributed by atoms with Gasteiger partial charge in [-0.25, -0.2) is 0 Å². The average Bonchev–Trinajstić information content (AvgIpc) is 2.75. The molecule has 0 spiro atoms. The first kappa shape index (κ1) is 19.7. The number of hydrogen-bond donors (Lipinski definition) is 2. The Morgan fingerprint density at radius 2 is 1.46 bits per heavy atom. The molecule has 4 nitrogen and oxygen atoms in total. The van der Waals surface area contributed by atoms with Gasteiger partial charge in [0.05, 0.1) is 12.5 Å². The molecule has 0 aliphatic carbocycles. The van der Waals surface area contributed by atoms with Gasteiger partial charge in [-0.3, -0.25) is 9.59 Å². The third kappa shape index (κ3) is 5.47. The molecule has 0 heterocycles. The quantitative estimate of drug-likeness (QED) is 0.564. The van der Waals surface area contributed by atoms with Crippen LogP contribution in [0, 0.1) is 0 Å². The maximum atomic E-state index is 12.6. The minimum atomic E-state index is -0.417. The minimum Gasteiger partial charge on any atom is -0.345 e.